The summed E-state index contributed by atoms with van der Waals surface area (Å²) in [6.45, 7) is 9.02. The van der Waals surface area contributed by atoms with Crippen molar-refractivity contribution in [3.05, 3.63) is 78.9 Å². The van der Waals surface area contributed by atoms with Gasteiger partial charge in [0.05, 0.1) is 11.7 Å². The molecule has 9 heteroatoms. The summed E-state index contributed by atoms with van der Waals surface area (Å²) in [5.41, 5.74) is 9.16. The normalized spacial score (nSPS) is 12.4. The van der Waals surface area contributed by atoms with E-state index in [4.69, 9.17) is 10.8 Å². The highest BCUT2D eigenvalue weighted by Crippen LogP contribution is 2.27. The summed E-state index contributed by atoms with van der Waals surface area (Å²) in [5, 5.41) is 13.3. The zero-order valence-corrected chi connectivity index (χ0v) is 20.3. The van der Waals surface area contributed by atoms with Crippen LogP contribution in [0.15, 0.2) is 62.0 Å². The van der Waals surface area contributed by atoms with E-state index in [0.29, 0.717) is 18.1 Å². The van der Waals surface area contributed by atoms with E-state index < -0.39 is 6.61 Å². The van der Waals surface area contributed by atoms with Gasteiger partial charge >= 0.3 is 6.61 Å². The third-order valence-corrected chi connectivity index (χ3v) is 4.87. The van der Waals surface area contributed by atoms with Crippen LogP contribution in [0.2, 0.25) is 0 Å². The Bertz CT molecular complexity index is 796. The lowest BCUT2D eigenvalue weighted by Crippen LogP contribution is -2.16. The van der Waals surface area contributed by atoms with Crippen LogP contribution in [0.5, 0.6) is 0 Å². The number of benzene rings is 1. The van der Waals surface area contributed by atoms with Crippen LogP contribution >= 0.6 is 9.24 Å². The topological polar surface area (TPSA) is 83.2 Å². The van der Waals surface area contributed by atoms with Crippen molar-refractivity contribution in [2.75, 3.05) is 23.3 Å². The lowest BCUT2D eigenvalue weighted by atomic mass is 10.0. The molecule has 0 aliphatic heterocycles. The number of anilines is 2. The summed E-state index contributed by atoms with van der Waals surface area (Å²) in [4.78, 5) is 4.46. The summed E-state index contributed by atoms with van der Waals surface area (Å²) in [6.07, 6.45) is 8.56. The molecule has 0 saturated heterocycles. The molecule has 2 atom stereocenters. The lowest BCUT2D eigenvalue weighted by molar-refractivity contribution is -0.0728. The molecule has 1 aliphatic rings. The van der Waals surface area contributed by atoms with Crippen LogP contribution in [-0.2, 0) is 0 Å². The van der Waals surface area contributed by atoms with Gasteiger partial charge in [0.25, 0.3) is 0 Å². The van der Waals surface area contributed by atoms with E-state index in [1.165, 1.54) is 37.8 Å². The van der Waals surface area contributed by atoms with Gasteiger partial charge in [-0.2, -0.15) is 8.78 Å². The summed E-state index contributed by atoms with van der Waals surface area (Å²) < 4.78 is 32.9. The maximum atomic E-state index is 13.1. The summed E-state index contributed by atoms with van der Waals surface area (Å²) >= 11 is 0. The molecule has 1 heterocycles. The molecule has 3 rings (SSSR count). The van der Waals surface area contributed by atoms with Gasteiger partial charge in [0.15, 0.2) is 0 Å². The van der Waals surface area contributed by atoms with Gasteiger partial charge in [-0.05, 0) is 42.4 Å². The van der Waals surface area contributed by atoms with Gasteiger partial charge in [-0.25, -0.2) is 9.37 Å². The predicted octanol–water partition coefficient (Wildman–Crippen LogP) is 6.01. The summed E-state index contributed by atoms with van der Waals surface area (Å²) in [7, 11) is 2.70. The highest BCUT2D eigenvalue weighted by atomic mass is 31.0. The number of halogens is 3. The van der Waals surface area contributed by atoms with Crippen molar-refractivity contribution in [3.63, 3.8) is 0 Å². The lowest BCUT2D eigenvalue weighted by Gasteiger charge is -2.21. The number of hydrogen-bond donors (Lipinski definition) is 4. The number of aliphatic hydroxyl groups excluding tert-OH is 1. The fourth-order valence-electron chi connectivity index (χ4n) is 2.41. The molecule has 1 aromatic carbocycles. The van der Waals surface area contributed by atoms with Crippen molar-refractivity contribution < 1.29 is 18.3 Å². The van der Waals surface area contributed by atoms with Crippen LogP contribution < -0.4 is 16.4 Å². The number of nitrogens with two attached hydrogens (primary N) is 1. The second-order valence-electron chi connectivity index (χ2n) is 7.02. The van der Waals surface area contributed by atoms with E-state index in [9.17, 15) is 13.2 Å². The van der Waals surface area contributed by atoms with Crippen LogP contribution in [0, 0.1) is 12.7 Å². The molecule has 2 unspecified atom stereocenters. The van der Waals surface area contributed by atoms with Gasteiger partial charge in [0.2, 0.25) is 0 Å². The van der Waals surface area contributed by atoms with Crippen molar-refractivity contribution in [3.8, 4) is 0 Å². The van der Waals surface area contributed by atoms with Gasteiger partial charge in [0.1, 0.15) is 11.6 Å². The first-order valence-electron chi connectivity index (χ1n) is 10.6. The molecule has 1 aliphatic carbocycles. The minimum absolute atomic E-state index is 0.00231. The van der Waals surface area contributed by atoms with Gasteiger partial charge in [0, 0.05) is 18.4 Å². The first-order chi connectivity index (χ1) is 15.8. The highest BCUT2D eigenvalue weighted by Gasteiger charge is 2.13. The van der Waals surface area contributed by atoms with E-state index in [0.717, 1.165) is 23.0 Å². The number of aliphatic hydroxyl groups is 1. The molecule has 33 heavy (non-hydrogen) atoms. The van der Waals surface area contributed by atoms with Crippen LogP contribution in [0.4, 0.5) is 24.7 Å². The van der Waals surface area contributed by atoms with Crippen molar-refractivity contribution in [1.29, 1.82) is 0 Å². The molecule has 0 bridgehead atoms. The maximum absolute atomic E-state index is 13.1. The Kier molecular flexibility index (Phi) is 16.7. The molecular formula is C24H36F3N4OP. The van der Waals surface area contributed by atoms with E-state index in [-0.39, 0.29) is 11.9 Å². The second kappa shape index (κ2) is 18.1. The number of aryl methyl sites for hydroxylation is 1. The predicted molar refractivity (Wildman–Crippen MR) is 136 cm³/mol. The summed E-state index contributed by atoms with van der Waals surface area (Å²) in [6, 6.07) is 8.46. The minimum atomic E-state index is -3.17. The zero-order valence-electron chi connectivity index (χ0n) is 19.2. The molecular weight excluding hydrogens is 448 g/mol. The molecule has 184 valence electrons. The van der Waals surface area contributed by atoms with Crippen LogP contribution in [0.3, 0.4) is 0 Å². The average molecular weight is 485 g/mol. The molecule has 1 saturated carbocycles. The third-order valence-electron chi connectivity index (χ3n) is 4.40. The van der Waals surface area contributed by atoms with Crippen LogP contribution in [-0.4, -0.2) is 29.4 Å². The van der Waals surface area contributed by atoms with Gasteiger partial charge in [-0.15, -0.1) is 22.4 Å². The molecule has 5 N–H and O–H groups in total. The Labute approximate surface area is 197 Å². The zero-order chi connectivity index (χ0) is 25.2. The minimum Gasteiger partial charge on any atom is -0.361 e. The molecule has 5 nitrogen and oxygen atoms in total. The smallest absolute Gasteiger partial charge is 0.342 e. The maximum Gasteiger partial charge on any atom is 0.342 e. The Hall–Kier alpha value is -2.41. The van der Waals surface area contributed by atoms with Crippen molar-refractivity contribution in [2.24, 2.45) is 5.73 Å². The van der Waals surface area contributed by atoms with E-state index in [1.54, 1.807) is 18.3 Å². The van der Waals surface area contributed by atoms with Gasteiger partial charge < -0.3 is 21.5 Å². The van der Waals surface area contributed by atoms with Gasteiger partial charge in [-0.3, -0.25) is 0 Å². The number of rotatable bonds is 7. The number of aromatic nitrogens is 1. The number of nitrogens with one attached hydrogen (secondary N) is 2. The standard InChI is InChI=1S/C17H22FN4P.C4H8.C2H4.CH2F2O/c1-11-7-15(21-12(2)8-19)17(20-9-11)22-16(10-23)13-3-5-14(18)6-4-13;1-2-4-3-1;1-2;2-1(3)4/h3-7,9,16,21H,2,8,10,19,23H2,1H3,(H,20,22);1-4H2;1-2H2;1,4H. The molecule has 0 amide bonds. The van der Waals surface area contributed by atoms with E-state index in [1.807, 2.05) is 13.0 Å². The van der Waals surface area contributed by atoms with Crippen molar-refractivity contribution in [2.45, 2.75) is 45.3 Å². The van der Waals surface area contributed by atoms with E-state index >= 15 is 0 Å². The average Bonchev–Trinajstić information content (AvgIpc) is 2.74. The third kappa shape index (κ3) is 13.7. The van der Waals surface area contributed by atoms with Crippen molar-refractivity contribution >= 4 is 20.7 Å². The van der Waals surface area contributed by atoms with Crippen LogP contribution in [0.25, 0.3) is 0 Å². The monoisotopic (exact) mass is 484 g/mol. The number of alkyl halides is 2. The summed E-state index contributed by atoms with van der Waals surface area (Å²) in [5.74, 6) is 0.466. The quantitative estimate of drug-likeness (QED) is 0.286. The largest absolute Gasteiger partial charge is 0.361 e. The van der Waals surface area contributed by atoms with E-state index in [2.05, 4.69) is 44.6 Å². The van der Waals surface area contributed by atoms with Crippen molar-refractivity contribution in [1.82, 2.24) is 4.98 Å². The first kappa shape index (κ1) is 30.6. The molecule has 2 aromatic rings. The number of hydrogen-bond acceptors (Lipinski definition) is 5. The molecule has 1 fully saturated rings. The number of pyridine rings is 1. The Morgan fingerprint density at radius 3 is 2.12 bits per heavy atom. The number of nitrogens with zero attached hydrogens (tertiary/aromatic N) is 1. The fraction of sp³-hybridized carbons (Fsp3) is 0.375. The SMILES string of the molecule is C1CCC1.C=C.C=C(CN)Nc1cc(C)cnc1NC(CP)c1ccc(F)cc1.OC(F)F. The Balaban J connectivity index is 0.000000856. The molecule has 1 aromatic heterocycles. The second-order valence-corrected chi connectivity index (χ2v) is 7.49. The fourth-order valence-corrected chi connectivity index (χ4v) is 2.80. The Morgan fingerprint density at radius 1 is 1.18 bits per heavy atom. The first-order valence-corrected chi connectivity index (χ1v) is 11.4. The van der Waals surface area contributed by atoms with Gasteiger partial charge in [-0.1, -0.05) is 44.4 Å². The molecule has 0 spiro atoms. The van der Waals surface area contributed by atoms with Crippen LogP contribution in [0.1, 0.15) is 42.9 Å². The Morgan fingerprint density at radius 2 is 1.70 bits per heavy atom. The highest BCUT2D eigenvalue weighted by molar-refractivity contribution is 7.16. The molecule has 0 radical (unpaired) electrons.